The molecule has 0 atom stereocenters. The van der Waals surface area contributed by atoms with Crippen LogP contribution in [0.4, 0.5) is 8.78 Å². The number of Topliss-reactive ketones (excluding diaryl/α,β-unsaturated/α-hetero) is 1. The van der Waals surface area contributed by atoms with Crippen molar-refractivity contribution >= 4 is 15.8 Å². The number of benzene rings is 1. The molecule has 6 nitrogen and oxygen atoms in total. The number of aromatic nitrogens is 1. The van der Waals surface area contributed by atoms with Gasteiger partial charge in [0.2, 0.25) is 10.0 Å². The summed E-state index contributed by atoms with van der Waals surface area (Å²) >= 11 is 0. The molecule has 2 aromatic rings. The molecular weight excluding hydrogens is 366 g/mol. The number of carbonyl (C=O) groups excluding carboxylic acids is 1. The van der Waals surface area contributed by atoms with E-state index in [9.17, 15) is 26.8 Å². The van der Waals surface area contributed by atoms with Gasteiger partial charge in [-0.1, -0.05) is 13.8 Å². The topological polar surface area (TPSA) is 76.5 Å². The van der Waals surface area contributed by atoms with E-state index in [0.717, 1.165) is 35.0 Å². The number of hydrogen-bond acceptors (Lipinski definition) is 4. The third-order valence-electron chi connectivity index (χ3n) is 3.85. The monoisotopic (exact) mass is 384 g/mol. The van der Waals surface area contributed by atoms with Gasteiger partial charge < -0.3 is 4.57 Å². The second kappa shape index (κ2) is 7.88. The Morgan fingerprint density at radius 3 is 2.35 bits per heavy atom. The van der Waals surface area contributed by atoms with E-state index in [0.29, 0.717) is 6.07 Å². The Morgan fingerprint density at radius 2 is 1.77 bits per heavy atom. The third kappa shape index (κ3) is 4.05. The zero-order chi connectivity index (χ0) is 19.5. The van der Waals surface area contributed by atoms with Crippen molar-refractivity contribution < 1.29 is 22.0 Å². The van der Waals surface area contributed by atoms with E-state index in [1.165, 1.54) is 4.31 Å². The quantitative estimate of drug-likeness (QED) is 0.685. The van der Waals surface area contributed by atoms with Gasteiger partial charge in [0.1, 0.15) is 11.6 Å². The van der Waals surface area contributed by atoms with Gasteiger partial charge in [-0.3, -0.25) is 9.59 Å². The molecule has 0 saturated heterocycles. The Balaban J connectivity index is 2.39. The maximum atomic E-state index is 13.7. The van der Waals surface area contributed by atoms with Crippen molar-refractivity contribution in [3.8, 4) is 0 Å². The lowest BCUT2D eigenvalue weighted by atomic mass is 10.1. The molecule has 1 aromatic heterocycles. The largest absolute Gasteiger partial charge is 0.306 e. The van der Waals surface area contributed by atoms with E-state index in [1.807, 2.05) is 0 Å². The normalized spacial score (nSPS) is 11.7. The molecule has 0 saturated carbocycles. The van der Waals surface area contributed by atoms with Crippen LogP contribution in [0.1, 0.15) is 24.2 Å². The summed E-state index contributed by atoms with van der Waals surface area (Å²) in [7, 11) is -3.82. The fourth-order valence-corrected chi connectivity index (χ4v) is 3.93. The molecule has 0 unspecified atom stereocenters. The van der Waals surface area contributed by atoms with Gasteiger partial charge >= 0.3 is 0 Å². The van der Waals surface area contributed by atoms with Crippen LogP contribution >= 0.6 is 0 Å². The van der Waals surface area contributed by atoms with Crippen molar-refractivity contribution in [2.75, 3.05) is 13.1 Å². The molecule has 0 radical (unpaired) electrons. The maximum Gasteiger partial charge on any atom is 0.251 e. The Morgan fingerprint density at radius 1 is 1.12 bits per heavy atom. The zero-order valence-electron chi connectivity index (χ0n) is 14.3. The predicted molar refractivity (Wildman–Crippen MR) is 91.5 cm³/mol. The minimum absolute atomic E-state index is 0.145. The molecule has 0 fully saturated rings. The van der Waals surface area contributed by atoms with Crippen molar-refractivity contribution in [3.05, 3.63) is 64.1 Å². The standard InChI is InChI=1S/C17H18F2N2O4S/c1-3-21(4-2)26(24,25)13-6-8-17(23)20(10-13)11-16(22)14-7-5-12(18)9-15(14)19/h5-10H,3-4,11H2,1-2H3. The van der Waals surface area contributed by atoms with Gasteiger partial charge in [-0.2, -0.15) is 4.31 Å². The van der Waals surface area contributed by atoms with E-state index in [4.69, 9.17) is 0 Å². The number of nitrogens with zero attached hydrogens (tertiary/aromatic N) is 2. The number of pyridine rings is 1. The Labute approximate surface area is 149 Å². The third-order valence-corrected chi connectivity index (χ3v) is 5.88. The summed E-state index contributed by atoms with van der Waals surface area (Å²) in [6.07, 6.45) is 1.05. The highest BCUT2D eigenvalue weighted by Crippen LogP contribution is 2.15. The maximum absolute atomic E-state index is 13.7. The fraction of sp³-hybridized carbons (Fsp3) is 0.294. The van der Waals surface area contributed by atoms with E-state index in [2.05, 4.69) is 0 Å². The number of halogens is 2. The van der Waals surface area contributed by atoms with Crippen LogP contribution in [0.2, 0.25) is 0 Å². The highest BCUT2D eigenvalue weighted by Gasteiger charge is 2.23. The molecule has 0 N–H and O–H groups in total. The van der Waals surface area contributed by atoms with Gasteiger partial charge in [0.15, 0.2) is 5.78 Å². The molecule has 0 aliphatic heterocycles. The SMILES string of the molecule is CCN(CC)S(=O)(=O)c1ccc(=O)n(CC(=O)c2ccc(F)cc2F)c1. The van der Waals surface area contributed by atoms with Gasteiger partial charge in [0.25, 0.3) is 5.56 Å². The molecule has 0 spiro atoms. The minimum Gasteiger partial charge on any atom is -0.306 e. The minimum atomic E-state index is -3.82. The first-order valence-electron chi connectivity index (χ1n) is 7.89. The first-order chi connectivity index (χ1) is 12.2. The van der Waals surface area contributed by atoms with E-state index < -0.39 is 39.5 Å². The lowest BCUT2D eigenvalue weighted by Gasteiger charge is -2.19. The van der Waals surface area contributed by atoms with Crippen molar-refractivity contribution in [1.29, 1.82) is 0 Å². The van der Waals surface area contributed by atoms with Crippen LogP contribution in [0.25, 0.3) is 0 Å². The van der Waals surface area contributed by atoms with Gasteiger partial charge in [-0.25, -0.2) is 17.2 Å². The summed E-state index contributed by atoms with van der Waals surface area (Å²) in [5, 5.41) is 0. The molecule has 0 aliphatic rings. The van der Waals surface area contributed by atoms with Crippen molar-refractivity contribution in [2.24, 2.45) is 0 Å². The van der Waals surface area contributed by atoms with Crippen LogP contribution < -0.4 is 5.56 Å². The summed E-state index contributed by atoms with van der Waals surface area (Å²) in [5.41, 5.74) is -0.991. The zero-order valence-corrected chi connectivity index (χ0v) is 15.1. The highest BCUT2D eigenvalue weighted by molar-refractivity contribution is 7.89. The summed E-state index contributed by atoms with van der Waals surface area (Å²) in [4.78, 5) is 24.0. The van der Waals surface area contributed by atoms with Gasteiger partial charge in [-0.05, 0) is 18.2 Å². The van der Waals surface area contributed by atoms with E-state index >= 15 is 0 Å². The lowest BCUT2D eigenvalue weighted by molar-refractivity contribution is 0.0966. The molecule has 9 heteroatoms. The lowest BCUT2D eigenvalue weighted by Crippen LogP contribution is -2.32. The predicted octanol–water partition coefficient (Wildman–Crippen LogP) is 2.04. The molecule has 0 aliphatic carbocycles. The molecule has 140 valence electrons. The number of ketones is 1. The highest BCUT2D eigenvalue weighted by atomic mass is 32.2. The Hall–Kier alpha value is -2.39. The Kier molecular flexibility index (Phi) is 6.04. The number of sulfonamides is 1. The van der Waals surface area contributed by atoms with Crippen LogP contribution in [-0.2, 0) is 16.6 Å². The molecule has 2 rings (SSSR count). The van der Waals surface area contributed by atoms with Crippen LogP contribution in [0.15, 0.2) is 46.2 Å². The van der Waals surface area contributed by atoms with Crippen LogP contribution in [-0.4, -0.2) is 36.2 Å². The van der Waals surface area contributed by atoms with Crippen LogP contribution in [0.5, 0.6) is 0 Å². The molecule has 1 heterocycles. The summed E-state index contributed by atoms with van der Waals surface area (Å²) in [6.45, 7) is 3.29. The van der Waals surface area contributed by atoms with Crippen molar-refractivity contribution in [2.45, 2.75) is 25.3 Å². The molecule has 1 aromatic carbocycles. The number of hydrogen-bond donors (Lipinski definition) is 0. The van der Waals surface area contributed by atoms with Crippen molar-refractivity contribution in [3.63, 3.8) is 0 Å². The average molecular weight is 384 g/mol. The smallest absolute Gasteiger partial charge is 0.251 e. The van der Waals surface area contributed by atoms with E-state index in [1.54, 1.807) is 13.8 Å². The van der Waals surface area contributed by atoms with Crippen LogP contribution in [0.3, 0.4) is 0 Å². The molecule has 0 bridgehead atoms. The summed E-state index contributed by atoms with van der Waals surface area (Å²) in [5.74, 6) is -2.65. The first kappa shape index (κ1) is 19.9. The first-order valence-corrected chi connectivity index (χ1v) is 9.33. The molecule has 26 heavy (non-hydrogen) atoms. The number of rotatable bonds is 7. The average Bonchev–Trinajstić information content (AvgIpc) is 2.57. The van der Waals surface area contributed by atoms with Crippen molar-refractivity contribution in [1.82, 2.24) is 8.87 Å². The summed E-state index contributed by atoms with van der Waals surface area (Å²) < 4.78 is 53.8. The van der Waals surface area contributed by atoms with Crippen LogP contribution in [0, 0.1) is 11.6 Å². The molecule has 0 amide bonds. The fourth-order valence-electron chi connectivity index (χ4n) is 2.45. The van der Waals surface area contributed by atoms with Gasteiger partial charge in [0.05, 0.1) is 17.0 Å². The second-order valence-corrected chi connectivity index (χ2v) is 7.41. The number of carbonyl (C=O) groups is 1. The second-order valence-electron chi connectivity index (χ2n) is 5.47. The van der Waals surface area contributed by atoms with E-state index in [-0.39, 0.29) is 23.5 Å². The molecular formula is C17H18F2N2O4S. The van der Waals surface area contributed by atoms with Gasteiger partial charge in [-0.15, -0.1) is 0 Å². The Bertz CT molecular complexity index is 982. The summed E-state index contributed by atoms with van der Waals surface area (Å²) in [6, 6.07) is 4.67. The van der Waals surface area contributed by atoms with Gasteiger partial charge in [0, 0.05) is 31.4 Å².